The minimum atomic E-state index is -3.07. The second-order valence-electron chi connectivity index (χ2n) is 7.92. The fraction of sp³-hybridized carbons (Fsp3) is 0.409. The first-order chi connectivity index (χ1) is 14.8. The zero-order chi connectivity index (χ0) is 22.2. The SMILES string of the molecule is COCCNC(=O)c1nc(-c2ccc(C)cc2)cc2c1nc(C)n2C1CCS(=O)(=O)C1. The van der Waals surface area contributed by atoms with Crippen LogP contribution < -0.4 is 5.32 Å². The highest BCUT2D eigenvalue weighted by atomic mass is 32.2. The van der Waals surface area contributed by atoms with Crippen LogP contribution in [0.3, 0.4) is 0 Å². The van der Waals surface area contributed by atoms with E-state index in [9.17, 15) is 13.2 Å². The van der Waals surface area contributed by atoms with Crippen LogP contribution in [-0.4, -0.2) is 60.6 Å². The summed E-state index contributed by atoms with van der Waals surface area (Å²) in [6, 6.07) is 9.61. The van der Waals surface area contributed by atoms with Gasteiger partial charge in [-0.1, -0.05) is 29.8 Å². The molecule has 2 aromatic heterocycles. The fourth-order valence-corrected chi connectivity index (χ4v) is 5.73. The van der Waals surface area contributed by atoms with Crippen LogP contribution in [0.15, 0.2) is 30.3 Å². The molecule has 0 saturated carbocycles. The number of ether oxygens (including phenoxy) is 1. The van der Waals surface area contributed by atoms with Gasteiger partial charge in [0.25, 0.3) is 5.91 Å². The summed E-state index contributed by atoms with van der Waals surface area (Å²) in [5.41, 5.74) is 4.08. The molecule has 31 heavy (non-hydrogen) atoms. The number of sulfone groups is 1. The molecule has 1 saturated heterocycles. The molecule has 1 amide bonds. The highest BCUT2D eigenvalue weighted by Gasteiger charge is 2.32. The van der Waals surface area contributed by atoms with Crippen molar-refractivity contribution in [1.82, 2.24) is 19.9 Å². The first-order valence-corrected chi connectivity index (χ1v) is 12.1. The molecule has 164 valence electrons. The molecule has 1 aliphatic heterocycles. The summed E-state index contributed by atoms with van der Waals surface area (Å²) >= 11 is 0. The summed E-state index contributed by atoms with van der Waals surface area (Å²) < 4.78 is 31.2. The number of methoxy groups -OCH3 is 1. The van der Waals surface area contributed by atoms with Gasteiger partial charge in [0.15, 0.2) is 15.5 Å². The van der Waals surface area contributed by atoms with E-state index in [2.05, 4.69) is 15.3 Å². The van der Waals surface area contributed by atoms with Gasteiger partial charge in [0, 0.05) is 19.2 Å². The van der Waals surface area contributed by atoms with E-state index in [1.807, 2.05) is 48.7 Å². The molecular formula is C22H26N4O4S. The third-order valence-electron chi connectivity index (χ3n) is 5.58. The average Bonchev–Trinajstić information content (AvgIpc) is 3.25. The van der Waals surface area contributed by atoms with Gasteiger partial charge < -0.3 is 14.6 Å². The molecule has 1 fully saturated rings. The summed E-state index contributed by atoms with van der Waals surface area (Å²) in [7, 11) is -1.50. The number of carbonyl (C=O) groups excluding carboxylic acids is 1. The van der Waals surface area contributed by atoms with E-state index in [4.69, 9.17) is 4.74 Å². The Balaban J connectivity index is 1.87. The van der Waals surface area contributed by atoms with Crippen molar-refractivity contribution in [3.8, 4) is 11.3 Å². The first kappa shape index (κ1) is 21.5. The molecule has 9 heteroatoms. The number of fused-ring (bicyclic) bond motifs is 1. The Bertz CT molecular complexity index is 1230. The smallest absolute Gasteiger partial charge is 0.272 e. The number of amides is 1. The van der Waals surface area contributed by atoms with Crippen molar-refractivity contribution in [3.63, 3.8) is 0 Å². The highest BCUT2D eigenvalue weighted by molar-refractivity contribution is 7.91. The molecule has 1 atom stereocenters. The lowest BCUT2D eigenvalue weighted by atomic mass is 10.1. The quantitative estimate of drug-likeness (QED) is 0.588. The maximum Gasteiger partial charge on any atom is 0.272 e. The Morgan fingerprint density at radius 2 is 1.97 bits per heavy atom. The van der Waals surface area contributed by atoms with Crippen molar-refractivity contribution in [2.24, 2.45) is 0 Å². The number of hydrogen-bond acceptors (Lipinski definition) is 6. The first-order valence-electron chi connectivity index (χ1n) is 10.2. The number of pyridine rings is 1. The number of aryl methyl sites for hydroxylation is 2. The lowest BCUT2D eigenvalue weighted by Crippen LogP contribution is -2.28. The van der Waals surface area contributed by atoms with Crippen LogP contribution in [0.2, 0.25) is 0 Å². The molecule has 1 N–H and O–H groups in total. The fourth-order valence-electron chi connectivity index (χ4n) is 4.03. The Hall–Kier alpha value is -2.78. The van der Waals surface area contributed by atoms with Crippen molar-refractivity contribution in [1.29, 1.82) is 0 Å². The van der Waals surface area contributed by atoms with Crippen LogP contribution in [0.1, 0.15) is 34.3 Å². The van der Waals surface area contributed by atoms with Gasteiger partial charge in [-0.3, -0.25) is 4.79 Å². The monoisotopic (exact) mass is 442 g/mol. The number of imidazole rings is 1. The average molecular weight is 443 g/mol. The predicted molar refractivity (Wildman–Crippen MR) is 119 cm³/mol. The maximum atomic E-state index is 12.9. The van der Waals surface area contributed by atoms with Crippen LogP contribution >= 0.6 is 0 Å². The van der Waals surface area contributed by atoms with Gasteiger partial charge in [-0.2, -0.15) is 0 Å². The zero-order valence-corrected chi connectivity index (χ0v) is 18.7. The minimum Gasteiger partial charge on any atom is -0.383 e. The van der Waals surface area contributed by atoms with Crippen molar-refractivity contribution in [2.75, 3.05) is 31.8 Å². The molecule has 0 radical (unpaired) electrons. The second kappa shape index (κ2) is 8.39. The lowest BCUT2D eigenvalue weighted by molar-refractivity contribution is 0.0934. The van der Waals surface area contributed by atoms with Crippen LogP contribution in [-0.2, 0) is 14.6 Å². The summed E-state index contributed by atoms with van der Waals surface area (Å²) in [4.78, 5) is 22.2. The number of carbonyl (C=O) groups is 1. The van der Waals surface area contributed by atoms with E-state index < -0.39 is 9.84 Å². The molecule has 4 rings (SSSR count). The van der Waals surface area contributed by atoms with E-state index in [-0.39, 0.29) is 29.1 Å². The molecule has 1 aliphatic rings. The van der Waals surface area contributed by atoms with Crippen LogP contribution in [0.5, 0.6) is 0 Å². The zero-order valence-electron chi connectivity index (χ0n) is 17.9. The number of nitrogens with one attached hydrogen (secondary N) is 1. The van der Waals surface area contributed by atoms with Crippen LogP contribution in [0.25, 0.3) is 22.3 Å². The van der Waals surface area contributed by atoms with Crippen molar-refractivity contribution < 1.29 is 17.9 Å². The van der Waals surface area contributed by atoms with E-state index in [1.54, 1.807) is 7.11 Å². The van der Waals surface area contributed by atoms with E-state index in [0.717, 1.165) is 16.6 Å². The lowest BCUT2D eigenvalue weighted by Gasteiger charge is -2.15. The van der Waals surface area contributed by atoms with Crippen LogP contribution in [0.4, 0.5) is 0 Å². The normalized spacial score (nSPS) is 17.8. The van der Waals surface area contributed by atoms with Crippen molar-refractivity contribution >= 4 is 26.8 Å². The van der Waals surface area contributed by atoms with Crippen molar-refractivity contribution in [2.45, 2.75) is 26.3 Å². The number of nitrogens with zero attached hydrogens (tertiary/aromatic N) is 3. The summed E-state index contributed by atoms with van der Waals surface area (Å²) in [5, 5.41) is 2.82. The van der Waals surface area contributed by atoms with Gasteiger partial charge in [-0.15, -0.1) is 0 Å². The molecule has 0 aliphatic carbocycles. The standard InChI is InChI=1S/C22H26N4O4S/c1-14-4-6-16(7-5-14)18-12-19-20(21(25-18)22(27)23-9-10-30-3)24-15(2)26(19)17-8-11-31(28,29)13-17/h4-7,12,17H,8-11,13H2,1-3H3,(H,23,27). The molecule has 3 aromatic rings. The minimum absolute atomic E-state index is 0.0802. The van der Waals surface area contributed by atoms with Gasteiger partial charge >= 0.3 is 0 Å². The molecule has 3 heterocycles. The van der Waals surface area contributed by atoms with Gasteiger partial charge in [-0.05, 0) is 26.3 Å². The Kier molecular flexibility index (Phi) is 5.81. The van der Waals surface area contributed by atoms with Gasteiger partial charge in [0.1, 0.15) is 11.3 Å². The Morgan fingerprint density at radius 1 is 1.23 bits per heavy atom. The van der Waals surface area contributed by atoms with Gasteiger partial charge in [-0.25, -0.2) is 18.4 Å². The maximum absolute atomic E-state index is 12.9. The Labute approximate surface area is 181 Å². The molecular weight excluding hydrogens is 416 g/mol. The summed E-state index contributed by atoms with van der Waals surface area (Å²) in [6.07, 6.45) is 0.534. The third kappa shape index (κ3) is 4.33. The van der Waals surface area contributed by atoms with E-state index in [0.29, 0.717) is 36.6 Å². The molecule has 8 nitrogen and oxygen atoms in total. The third-order valence-corrected chi connectivity index (χ3v) is 7.33. The molecule has 0 bridgehead atoms. The molecule has 1 aromatic carbocycles. The summed E-state index contributed by atoms with van der Waals surface area (Å²) in [5.74, 6) is 0.582. The van der Waals surface area contributed by atoms with Gasteiger partial charge in [0.2, 0.25) is 0 Å². The molecule has 1 unspecified atom stereocenters. The second-order valence-corrected chi connectivity index (χ2v) is 10.2. The molecule has 0 spiro atoms. The number of aromatic nitrogens is 3. The van der Waals surface area contributed by atoms with E-state index >= 15 is 0 Å². The number of hydrogen-bond donors (Lipinski definition) is 1. The predicted octanol–water partition coefficient (Wildman–Crippen LogP) is 2.45. The number of rotatable bonds is 6. The summed E-state index contributed by atoms with van der Waals surface area (Å²) in [6.45, 7) is 4.59. The number of benzene rings is 1. The topological polar surface area (TPSA) is 103 Å². The Morgan fingerprint density at radius 3 is 2.61 bits per heavy atom. The van der Waals surface area contributed by atoms with Crippen molar-refractivity contribution in [3.05, 3.63) is 47.4 Å². The highest BCUT2D eigenvalue weighted by Crippen LogP contribution is 2.32. The van der Waals surface area contributed by atoms with Crippen LogP contribution in [0, 0.1) is 13.8 Å². The van der Waals surface area contributed by atoms with Gasteiger partial charge in [0.05, 0.1) is 35.4 Å². The largest absolute Gasteiger partial charge is 0.383 e. The van der Waals surface area contributed by atoms with E-state index in [1.165, 1.54) is 0 Å².